The molecule has 0 amide bonds. The molecule has 2 N–H and O–H groups in total. The molecule has 0 aromatic carbocycles. The second kappa shape index (κ2) is 6.59. The lowest BCUT2D eigenvalue weighted by Crippen LogP contribution is -2.55. The standard InChI is InChI=1S/C16H31NO5S/c1-14(2)8-13(22-11-14)9-23(19,20)17-10-15(3,4)16(18)6-5-7-21-12-16/h13,17-18H,5-12H2,1-4H3. The Morgan fingerprint density at radius 1 is 1.30 bits per heavy atom. The van der Waals surface area contributed by atoms with Crippen molar-refractivity contribution in [2.24, 2.45) is 10.8 Å². The van der Waals surface area contributed by atoms with E-state index in [1.807, 2.05) is 13.8 Å². The van der Waals surface area contributed by atoms with E-state index in [0.717, 1.165) is 12.8 Å². The van der Waals surface area contributed by atoms with Crippen LogP contribution in [0.2, 0.25) is 0 Å². The van der Waals surface area contributed by atoms with Gasteiger partial charge in [0.15, 0.2) is 0 Å². The molecule has 0 bridgehead atoms. The van der Waals surface area contributed by atoms with E-state index in [-0.39, 0.29) is 30.4 Å². The zero-order valence-electron chi connectivity index (χ0n) is 14.7. The minimum atomic E-state index is -3.44. The van der Waals surface area contributed by atoms with Gasteiger partial charge in [0.1, 0.15) is 0 Å². The van der Waals surface area contributed by atoms with Crippen molar-refractivity contribution in [3.8, 4) is 0 Å². The topological polar surface area (TPSA) is 84.9 Å². The fourth-order valence-corrected chi connectivity index (χ4v) is 4.66. The van der Waals surface area contributed by atoms with Crippen molar-refractivity contribution in [1.29, 1.82) is 0 Å². The van der Waals surface area contributed by atoms with E-state index in [2.05, 4.69) is 18.6 Å². The van der Waals surface area contributed by atoms with E-state index in [9.17, 15) is 13.5 Å². The molecule has 0 radical (unpaired) electrons. The van der Waals surface area contributed by atoms with Crippen LogP contribution in [0.25, 0.3) is 0 Å². The summed E-state index contributed by atoms with van der Waals surface area (Å²) >= 11 is 0. The maximum Gasteiger partial charge on any atom is 0.214 e. The third-order valence-corrected chi connectivity index (χ3v) is 6.50. The minimum Gasteiger partial charge on any atom is -0.387 e. The summed E-state index contributed by atoms with van der Waals surface area (Å²) < 4.78 is 38.3. The first kappa shape index (κ1) is 19.1. The van der Waals surface area contributed by atoms with Crippen molar-refractivity contribution >= 4 is 10.0 Å². The molecule has 2 fully saturated rings. The summed E-state index contributed by atoms with van der Waals surface area (Å²) in [5.41, 5.74) is -1.57. The van der Waals surface area contributed by atoms with Crippen molar-refractivity contribution < 1.29 is 23.0 Å². The van der Waals surface area contributed by atoms with Crippen LogP contribution in [-0.2, 0) is 19.5 Å². The molecule has 0 aromatic rings. The zero-order valence-corrected chi connectivity index (χ0v) is 15.5. The van der Waals surface area contributed by atoms with Crippen LogP contribution >= 0.6 is 0 Å². The molecule has 2 heterocycles. The van der Waals surface area contributed by atoms with Crippen LogP contribution in [-0.4, -0.2) is 57.3 Å². The molecule has 2 saturated heterocycles. The average Bonchev–Trinajstić information content (AvgIpc) is 2.76. The lowest BCUT2D eigenvalue weighted by atomic mass is 9.72. The molecule has 0 spiro atoms. The van der Waals surface area contributed by atoms with Gasteiger partial charge in [-0.1, -0.05) is 27.7 Å². The Balaban J connectivity index is 1.90. The molecule has 2 atom stereocenters. The Morgan fingerprint density at radius 3 is 2.52 bits per heavy atom. The molecule has 23 heavy (non-hydrogen) atoms. The molecule has 136 valence electrons. The Bertz CT molecular complexity index is 509. The van der Waals surface area contributed by atoms with Crippen LogP contribution in [0, 0.1) is 10.8 Å². The first-order valence-corrected chi connectivity index (χ1v) is 9.99. The first-order chi connectivity index (χ1) is 10.4. The number of ether oxygens (including phenoxy) is 2. The quantitative estimate of drug-likeness (QED) is 0.755. The molecule has 2 unspecified atom stereocenters. The summed E-state index contributed by atoms with van der Waals surface area (Å²) in [5.74, 6) is -0.0264. The van der Waals surface area contributed by atoms with Crippen molar-refractivity contribution in [1.82, 2.24) is 4.72 Å². The van der Waals surface area contributed by atoms with E-state index >= 15 is 0 Å². The van der Waals surface area contributed by atoms with E-state index in [1.54, 1.807) is 0 Å². The number of hydrogen-bond acceptors (Lipinski definition) is 5. The molecule has 2 rings (SSSR count). The molecular weight excluding hydrogens is 318 g/mol. The van der Waals surface area contributed by atoms with E-state index in [0.29, 0.717) is 19.6 Å². The van der Waals surface area contributed by atoms with Gasteiger partial charge in [-0.3, -0.25) is 0 Å². The van der Waals surface area contributed by atoms with Crippen molar-refractivity contribution in [2.75, 3.05) is 32.1 Å². The van der Waals surface area contributed by atoms with E-state index in [1.165, 1.54) is 0 Å². The molecule has 0 aliphatic carbocycles. The lowest BCUT2D eigenvalue weighted by molar-refractivity contribution is -0.148. The Kier molecular flexibility index (Phi) is 5.48. The molecule has 0 aromatic heterocycles. The number of aliphatic hydroxyl groups is 1. The largest absolute Gasteiger partial charge is 0.387 e. The van der Waals surface area contributed by atoms with Crippen LogP contribution < -0.4 is 4.72 Å². The predicted molar refractivity (Wildman–Crippen MR) is 88.7 cm³/mol. The third kappa shape index (κ3) is 4.89. The van der Waals surface area contributed by atoms with Crippen LogP contribution in [0.5, 0.6) is 0 Å². The van der Waals surface area contributed by atoms with Gasteiger partial charge in [0.2, 0.25) is 10.0 Å². The predicted octanol–water partition coefficient (Wildman–Crippen LogP) is 1.29. The molecular formula is C16H31NO5S. The molecule has 0 saturated carbocycles. The summed E-state index contributed by atoms with van der Waals surface area (Å²) in [7, 11) is -3.44. The van der Waals surface area contributed by atoms with Crippen LogP contribution in [0.1, 0.15) is 47.0 Å². The van der Waals surface area contributed by atoms with Crippen LogP contribution in [0.15, 0.2) is 0 Å². The Labute approximate surface area is 140 Å². The second-order valence-electron chi connectivity index (χ2n) is 8.48. The maximum atomic E-state index is 12.3. The Hall–Kier alpha value is -0.210. The summed E-state index contributed by atoms with van der Waals surface area (Å²) in [6, 6.07) is 0. The smallest absolute Gasteiger partial charge is 0.214 e. The van der Waals surface area contributed by atoms with Gasteiger partial charge in [-0.25, -0.2) is 13.1 Å². The first-order valence-electron chi connectivity index (χ1n) is 8.34. The number of sulfonamides is 1. The highest BCUT2D eigenvalue weighted by molar-refractivity contribution is 7.89. The number of rotatable bonds is 6. The highest BCUT2D eigenvalue weighted by Gasteiger charge is 2.45. The normalized spacial score (nSPS) is 32.1. The Morgan fingerprint density at radius 2 is 2.00 bits per heavy atom. The molecule has 6 nitrogen and oxygen atoms in total. The SMILES string of the molecule is CC1(C)COC(CS(=O)(=O)NCC(C)(C)C2(O)CCCOC2)C1. The van der Waals surface area contributed by atoms with Gasteiger partial charge in [-0.05, 0) is 24.7 Å². The molecule has 2 aliphatic heterocycles. The van der Waals surface area contributed by atoms with E-state index in [4.69, 9.17) is 9.47 Å². The highest BCUT2D eigenvalue weighted by atomic mass is 32.2. The van der Waals surface area contributed by atoms with Crippen LogP contribution in [0.3, 0.4) is 0 Å². The van der Waals surface area contributed by atoms with Crippen molar-refractivity contribution in [2.45, 2.75) is 58.7 Å². The fourth-order valence-electron chi connectivity index (χ4n) is 3.26. The second-order valence-corrected chi connectivity index (χ2v) is 10.3. The van der Waals surface area contributed by atoms with Gasteiger partial charge in [0.05, 0.1) is 30.7 Å². The van der Waals surface area contributed by atoms with Gasteiger partial charge < -0.3 is 14.6 Å². The van der Waals surface area contributed by atoms with Gasteiger partial charge in [-0.15, -0.1) is 0 Å². The van der Waals surface area contributed by atoms with Gasteiger partial charge >= 0.3 is 0 Å². The summed E-state index contributed by atoms with van der Waals surface area (Å²) in [5, 5.41) is 10.8. The molecule has 7 heteroatoms. The fraction of sp³-hybridized carbons (Fsp3) is 1.00. The summed E-state index contributed by atoms with van der Waals surface area (Å²) in [6.45, 7) is 9.59. The van der Waals surface area contributed by atoms with Crippen molar-refractivity contribution in [3.63, 3.8) is 0 Å². The minimum absolute atomic E-state index is 0.0264. The van der Waals surface area contributed by atoms with Gasteiger partial charge in [0, 0.05) is 18.6 Å². The number of hydrogen-bond donors (Lipinski definition) is 2. The van der Waals surface area contributed by atoms with Gasteiger partial charge in [0.25, 0.3) is 0 Å². The summed E-state index contributed by atoms with van der Waals surface area (Å²) in [4.78, 5) is 0. The van der Waals surface area contributed by atoms with Gasteiger partial charge in [-0.2, -0.15) is 0 Å². The van der Waals surface area contributed by atoms with Crippen molar-refractivity contribution in [3.05, 3.63) is 0 Å². The number of nitrogens with one attached hydrogen (secondary N) is 1. The van der Waals surface area contributed by atoms with E-state index < -0.39 is 21.0 Å². The monoisotopic (exact) mass is 349 g/mol. The maximum absolute atomic E-state index is 12.3. The van der Waals surface area contributed by atoms with Crippen LogP contribution in [0.4, 0.5) is 0 Å². The lowest BCUT2D eigenvalue weighted by Gasteiger charge is -2.44. The third-order valence-electron chi connectivity index (χ3n) is 5.11. The molecule has 2 aliphatic rings. The average molecular weight is 349 g/mol. The summed E-state index contributed by atoms with van der Waals surface area (Å²) in [6.07, 6.45) is 1.90. The zero-order chi connectivity index (χ0) is 17.4. The highest BCUT2D eigenvalue weighted by Crippen LogP contribution is 2.37.